The van der Waals surface area contributed by atoms with E-state index in [9.17, 15) is 9.59 Å². The van der Waals surface area contributed by atoms with Gasteiger partial charge < -0.3 is 23.8 Å². The van der Waals surface area contributed by atoms with Crippen LogP contribution in [-0.2, 0) is 9.59 Å². The van der Waals surface area contributed by atoms with Crippen molar-refractivity contribution < 1.29 is 28.5 Å². The van der Waals surface area contributed by atoms with E-state index in [1.54, 1.807) is 44.4 Å². The molecule has 1 unspecified atom stereocenters. The first-order valence-corrected chi connectivity index (χ1v) is 10.1. The predicted octanol–water partition coefficient (Wildman–Crippen LogP) is 2.21. The molecule has 1 heterocycles. The fourth-order valence-corrected chi connectivity index (χ4v) is 3.18. The van der Waals surface area contributed by atoms with Gasteiger partial charge >= 0.3 is 0 Å². The molecule has 0 bridgehead atoms. The fraction of sp³-hybridized carbons (Fsp3) is 0.286. The normalized spacial score (nSPS) is 14.8. The Morgan fingerprint density at radius 2 is 2.03 bits per heavy atom. The lowest BCUT2D eigenvalue weighted by molar-refractivity contribution is -0.131. The van der Waals surface area contributed by atoms with Crippen molar-refractivity contribution >= 4 is 34.0 Å². The molecule has 0 aliphatic carbocycles. The summed E-state index contributed by atoms with van der Waals surface area (Å²) in [5.41, 5.74) is 3.08. The summed E-state index contributed by atoms with van der Waals surface area (Å²) in [4.78, 5) is 25.5. The van der Waals surface area contributed by atoms with E-state index in [1.165, 1.54) is 18.2 Å². The van der Waals surface area contributed by atoms with Crippen molar-refractivity contribution in [3.63, 3.8) is 0 Å². The number of rotatable bonds is 7. The zero-order valence-electron chi connectivity index (χ0n) is 17.3. The fourth-order valence-electron chi connectivity index (χ4n) is 2.61. The number of halogens is 1. The van der Waals surface area contributed by atoms with Crippen molar-refractivity contribution in [2.24, 2.45) is 5.10 Å². The first-order valence-electron chi connectivity index (χ1n) is 9.31. The van der Waals surface area contributed by atoms with Crippen LogP contribution in [0.2, 0.25) is 0 Å². The quantitative estimate of drug-likeness (QED) is 0.470. The lowest BCUT2D eigenvalue weighted by Crippen LogP contribution is -2.42. The van der Waals surface area contributed by atoms with E-state index >= 15 is 0 Å². The molecule has 2 amide bonds. The highest BCUT2D eigenvalue weighted by molar-refractivity contribution is 9.10. The number of nitrogens with one attached hydrogen (secondary N) is 1. The van der Waals surface area contributed by atoms with Crippen LogP contribution < -0.4 is 24.4 Å². The number of nitrogens with zero attached hydrogens (tertiary/aromatic N) is 2. The summed E-state index contributed by atoms with van der Waals surface area (Å²) in [5, 5.41) is 3.98. The minimum Gasteiger partial charge on any atom is -0.493 e. The molecule has 0 aromatic heterocycles. The number of carbonyl (C=O) groups excluding carboxylic acids is 2. The zero-order valence-corrected chi connectivity index (χ0v) is 18.8. The van der Waals surface area contributed by atoms with E-state index in [0.29, 0.717) is 33.0 Å². The average Bonchev–Trinajstić information content (AvgIpc) is 2.77. The highest BCUT2D eigenvalue weighted by atomic mass is 79.9. The van der Waals surface area contributed by atoms with Gasteiger partial charge in [-0.2, -0.15) is 5.10 Å². The third-order valence-electron chi connectivity index (χ3n) is 4.28. The minimum atomic E-state index is -0.807. The number of para-hydroxylation sites is 2. The molecule has 1 aliphatic rings. The Balaban J connectivity index is 1.62. The number of amides is 2. The topological polar surface area (TPSA) is 98.7 Å². The van der Waals surface area contributed by atoms with Crippen LogP contribution in [0, 0.1) is 0 Å². The van der Waals surface area contributed by atoms with Gasteiger partial charge in [0.1, 0.15) is 6.61 Å². The van der Waals surface area contributed by atoms with E-state index in [1.807, 2.05) is 6.07 Å². The largest absolute Gasteiger partial charge is 0.493 e. The average molecular weight is 492 g/mol. The summed E-state index contributed by atoms with van der Waals surface area (Å²) in [6, 6.07) is 10.5. The second-order valence-corrected chi connectivity index (χ2v) is 7.56. The molecule has 1 atom stereocenters. The van der Waals surface area contributed by atoms with E-state index in [-0.39, 0.29) is 19.1 Å². The number of likely N-dealkylation sites (N-methyl/N-ethyl adjacent to an activating group) is 1. The standard InChI is InChI=1S/C21H22BrN3O6/c1-25(2)19(26)12-30-20-14(22)8-13(9-17(20)28-3)10-23-24-21(27)18-11-29-15-6-4-5-7-16(15)31-18/h4-10,18H,11-12H2,1-3H3,(H,24,27). The number of methoxy groups -OCH3 is 1. The molecule has 9 nitrogen and oxygen atoms in total. The monoisotopic (exact) mass is 491 g/mol. The van der Waals surface area contributed by atoms with Gasteiger partial charge in [-0.05, 0) is 45.8 Å². The van der Waals surface area contributed by atoms with Crippen LogP contribution in [0.4, 0.5) is 0 Å². The maximum absolute atomic E-state index is 12.3. The molecule has 0 saturated carbocycles. The molecule has 10 heteroatoms. The van der Waals surface area contributed by atoms with Crippen molar-refractivity contribution in [1.29, 1.82) is 0 Å². The molecule has 1 aliphatic heterocycles. The van der Waals surface area contributed by atoms with Gasteiger partial charge in [0.25, 0.3) is 11.8 Å². The van der Waals surface area contributed by atoms with E-state index in [4.69, 9.17) is 18.9 Å². The Labute approximate surface area is 188 Å². The van der Waals surface area contributed by atoms with Crippen molar-refractivity contribution in [2.45, 2.75) is 6.10 Å². The van der Waals surface area contributed by atoms with E-state index < -0.39 is 12.0 Å². The maximum Gasteiger partial charge on any atom is 0.284 e. The molecule has 3 rings (SSSR count). The number of ether oxygens (including phenoxy) is 4. The summed E-state index contributed by atoms with van der Waals surface area (Å²) in [6.45, 7) is -0.0342. The number of hydrazone groups is 1. The molecule has 2 aromatic rings. The van der Waals surface area contributed by atoms with Gasteiger partial charge in [0, 0.05) is 14.1 Å². The maximum atomic E-state index is 12.3. The van der Waals surface area contributed by atoms with Crippen LogP contribution in [0.25, 0.3) is 0 Å². The first kappa shape index (κ1) is 22.4. The summed E-state index contributed by atoms with van der Waals surface area (Å²) in [6.07, 6.45) is 0.649. The SMILES string of the molecule is COc1cc(C=NNC(=O)C2COc3ccccc3O2)cc(Br)c1OCC(=O)N(C)C. The Hall–Kier alpha value is -3.27. The van der Waals surface area contributed by atoms with Gasteiger partial charge in [0.05, 0.1) is 17.8 Å². The van der Waals surface area contributed by atoms with Gasteiger partial charge in [-0.3, -0.25) is 9.59 Å². The van der Waals surface area contributed by atoms with Crippen LogP contribution in [0.5, 0.6) is 23.0 Å². The van der Waals surface area contributed by atoms with E-state index in [0.717, 1.165) is 0 Å². The zero-order chi connectivity index (χ0) is 22.4. The number of benzene rings is 2. The molecule has 0 saturated heterocycles. The molecule has 164 valence electrons. The van der Waals surface area contributed by atoms with Gasteiger partial charge in [0.2, 0.25) is 6.10 Å². The molecular formula is C21H22BrN3O6. The summed E-state index contributed by atoms with van der Waals surface area (Å²) >= 11 is 3.41. The van der Waals surface area contributed by atoms with Crippen molar-refractivity contribution in [3.8, 4) is 23.0 Å². The predicted molar refractivity (Wildman–Crippen MR) is 117 cm³/mol. The minimum absolute atomic E-state index is 0.0927. The van der Waals surface area contributed by atoms with Crippen LogP contribution in [0.3, 0.4) is 0 Å². The molecule has 2 aromatic carbocycles. The number of carbonyl (C=O) groups is 2. The Bertz CT molecular complexity index is 995. The van der Waals surface area contributed by atoms with Crippen LogP contribution >= 0.6 is 15.9 Å². The Morgan fingerprint density at radius 1 is 1.29 bits per heavy atom. The number of fused-ring (bicyclic) bond motifs is 1. The molecule has 0 fully saturated rings. The Morgan fingerprint density at radius 3 is 2.74 bits per heavy atom. The van der Waals surface area contributed by atoms with Crippen molar-refractivity contribution in [1.82, 2.24) is 10.3 Å². The first-order chi connectivity index (χ1) is 14.9. The lowest BCUT2D eigenvalue weighted by Gasteiger charge is -2.24. The third kappa shape index (κ3) is 5.66. The molecule has 0 radical (unpaired) electrons. The molecule has 0 spiro atoms. The van der Waals surface area contributed by atoms with Crippen LogP contribution in [0.15, 0.2) is 46.0 Å². The molecular weight excluding hydrogens is 470 g/mol. The number of hydrogen-bond acceptors (Lipinski definition) is 7. The smallest absolute Gasteiger partial charge is 0.284 e. The van der Waals surface area contributed by atoms with Gasteiger partial charge in [-0.25, -0.2) is 5.43 Å². The second-order valence-electron chi connectivity index (χ2n) is 6.71. The van der Waals surface area contributed by atoms with Crippen molar-refractivity contribution in [2.75, 3.05) is 34.4 Å². The summed E-state index contributed by atoms with van der Waals surface area (Å²) in [7, 11) is 4.79. The second kappa shape index (κ2) is 10.2. The highest BCUT2D eigenvalue weighted by Gasteiger charge is 2.27. The van der Waals surface area contributed by atoms with Crippen LogP contribution in [-0.4, -0.2) is 63.5 Å². The van der Waals surface area contributed by atoms with Crippen LogP contribution in [0.1, 0.15) is 5.56 Å². The molecule has 31 heavy (non-hydrogen) atoms. The van der Waals surface area contributed by atoms with E-state index in [2.05, 4.69) is 26.5 Å². The lowest BCUT2D eigenvalue weighted by atomic mass is 10.2. The molecule has 1 N–H and O–H groups in total. The van der Waals surface area contributed by atoms with Gasteiger partial charge in [-0.1, -0.05) is 12.1 Å². The van der Waals surface area contributed by atoms with Crippen molar-refractivity contribution in [3.05, 3.63) is 46.4 Å². The summed E-state index contributed by atoms with van der Waals surface area (Å²) in [5.74, 6) is 1.30. The Kier molecular flexibility index (Phi) is 7.35. The highest BCUT2D eigenvalue weighted by Crippen LogP contribution is 2.36. The number of hydrogen-bond donors (Lipinski definition) is 1. The summed E-state index contributed by atoms with van der Waals surface area (Å²) < 4.78 is 22.7. The third-order valence-corrected chi connectivity index (χ3v) is 4.87. The van der Waals surface area contributed by atoms with Gasteiger partial charge in [0.15, 0.2) is 29.6 Å². The van der Waals surface area contributed by atoms with Gasteiger partial charge in [-0.15, -0.1) is 0 Å².